The molecule has 152 valence electrons. The van der Waals surface area contributed by atoms with Crippen LogP contribution in [-0.4, -0.2) is 34.7 Å². The number of hydrogen-bond acceptors (Lipinski definition) is 9. The average molecular weight is 436 g/mol. The number of anilines is 1. The van der Waals surface area contributed by atoms with E-state index < -0.39 is 25.9 Å². The smallest absolute Gasteiger partial charge is 0.324 e. The van der Waals surface area contributed by atoms with Gasteiger partial charge in [0.25, 0.3) is 5.91 Å². The number of aromatic nitrogens is 2. The first-order chi connectivity index (χ1) is 13.7. The molecule has 0 aliphatic rings. The molecule has 0 fully saturated rings. The van der Waals surface area contributed by atoms with Crippen molar-refractivity contribution >= 4 is 38.1 Å². The Morgan fingerprint density at radius 2 is 1.90 bits per heavy atom. The molecule has 3 rings (SSSR count). The van der Waals surface area contributed by atoms with Crippen molar-refractivity contribution in [2.75, 3.05) is 5.32 Å². The summed E-state index contributed by atoms with van der Waals surface area (Å²) in [5, 5.41) is 20.0. The lowest BCUT2D eigenvalue weighted by Gasteiger charge is -2.08. The molecule has 1 aromatic carbocycles. The summed E-state index contributed by atoms with van der Waals surface area (Å²) in [7, 11) is -3.35. The predicted molar refractivity (Wildman–Crippen MR) is 105 cm³/mol. The van der Waals surface area contributed by atoms with Crippen LogP contribution in [0.25, 0.3) is 0 Å². The Morgan fingerprint density at radius 3 is 2.48 bits per heavy atom. The molecule has 0 unspecified atom stereocenters. The molecular formula is C17H16N4O6S2. The maximum absolute atomic E-state index is 12.1. The van der Waals surface area contributed by atoms with Crippen LogP contribution in [0.5, 0.6) is 0 Å². The van der Waals surface area contributed by atoms with Crippen molar-refractivity contribution in [3.8, 4) is 0 Å². The lowest BCUT2D eigenvalue weighted by molar-refractivity contribution is -0.380. The average Bonchev–Trinajstić information content (AvgIpc) is 3.32. The summed E-state index contributed by atoms with van der Waals surface area (Å²) in [4.78, 5) is 22.6. The molecule has 0 atom stereocenters. The molecule has 0 aliphatic carbocycles. The summed E-state index contributed by atoms with van der Waals surface area (Å²) < 4.78 is 29.7. The van der Waals surface area contributed by atoms with Crippen LogP contribution in [0.4, 0.5) is 11.0 Å². The molecule has 3 aromatic rings. The number of amides is 1. The number of carbonyl (C=O) groups excluding carboxylic acids is 1. The van der Waals surface area contributed by atoms with Crippen LogP contribution in [0.1, 0.15) is 35.0 Å². The van der Waals surface area contributed by atoms with Crippen LogP contribution in [-0.2, 0) is 16.3 Å². The van der Waals surface area contributed by atoms with Crippen LogP contribution in [0, 0.1) is 10.1 Å². The van der Waals surface area contributed by atoms with Crippen molar-refractivity contribution < 1.29 is 22.6 Å². The van der Waals surface area contributed by atoms with Crippen molar-refractivity contribution in [1.82, 2.24) is 10.2 Å². The Balaban J connectivity index is 1.65. The summed E-state index contributed by atoms with van der Waals surface area (Å²) >= 11 is 0.733. The van der Waals surface area contributed by atoms with Crippen molar-refractivity contribution in [1.29, 1.82) is 0 Å². The molecule has 29 heavy (non-hydrogen) atoms. The number of nitrogens with zero attached hydrogens (tertiary/aromatic N) is 3. The Kier molecular flexibility index (Phi) is 5.75. The van der Waals surface area contributed by atoms with E-state index >= 15 is 0 Å². The molecule has 12 heteroatoms. The number of nitrogens with one attached hydrogen (secondary N) is 1. The molecule has 0 radical (unpaired) electrons. The Morgan fingerprint density at radius 1 is 1.21 bits per heavy atom. The molecule has 0 saturated carbocycles. The molecule has 2 aromatic heterocycles. The third kappa shape index (κ3) is 4.66. The van der Waals surface area contributed by atoms with E-state index in [2.05, 4.69) is 15.5 Å². The number of carbonyl (C=O) groups is 1. The first kappa shape index (κ1) is 20.6. The fourth-order valence-corrected chi connectivity index (χ4v) is 4.10. The van der Waals surface area contributed by atoms with Gasteiger partial charge in [-0.05, 0) is 37.6 Å². The van der Waals surface area contributed by atoms with Gasteiger partial charge in [0.05, 0.1) is 26.4 Å². The predicted octanol–water partition coefficient (Wildman–Crippen LogP) is 3.06. The quantitative estimate of drug-likeness (QED) is 0.439. The molecule has 0 saturated heterocycles. The Bertz CT molecular complexity index is 1150. The van der Waals surface area contributed by atoms with E-state index in [0.29, 0.717) is 0 Å². The first-order valence-corrected chi connectivity index (χ1v) is 10.7. The summed E-state index contributed by atoms with van der Waals surface area (Å²) in [5.74, 6) is -0.376. The molecule has 0 bridgehead atoms. The van der Waals surface area contributed by atoms with Gasteiger partial charge >= 0.3 is 11.0 Å². The van der Waals surface area contributed by atoms with E-state index in [9.17, 15) is 23.3 Å². The first-order valence-electron chi connectivity index (χ1n) is 8.37. The fraction of sp³-hybridized carbons (Fsp3) is 0.235. The number of sulfone groups is 1. The SMILES string of the molecule is CC(C)S(=O)(=O)c1ccc(Cc2nnc(NC(=O)c3ccc([N+](=O)[O-])s3)o2)cc1. The van der Waals surface area contributed by atoms with Gasteiger partial charge in [0.15, 0.2) is 9.84 Å². The van der Waals surface area contributed by atoms with E-state index in [1.54, 1.807) is 26.0 Å². The third-order valence-corrected chi connectivity index (χ3v) is 7.12. The van der Waals surface area contributed by atoms with E-state index in [1.165, 1.54) is 24.3 Å². The maximum Gasteiger partial charge on any atom is 0.324 e. The number of thiophene rings is 1. The van der Waals surface area contributed by atoms with Gasteiger partial charge in [-0.2, -0.15) is 0 Å². The second-order valence-electron chi connectivity index (χ2n) is 6.26. The minimum absolute atomic E-state index is 0.137. The van der Waals surface area contributed by atoms with Gasteiger partial charge in [-0.15, -0.1) is 5.10 Å². The zero-order chi connectivity index (χ0) is 21.2. The van der Waals surface area contributed by atoms with Crippen LogP contribution in [0.3, 0.4) is 0 Å². The zero-order valence-corrected chi connectivity index (χ0v) is 17.0. The van der Waals surface area contributed by atoms with Crippen molar-refractivity contribution in [2.45, 2.75) is 30.4 Å². The highest BCUT2D eigenvalue weighted by Gasteiger charge is 2.20. The van der Waals surface area contributed by atoms with Crippen LogP contribution < -0.4 is 5.32 Å². The lowest BCUT2D eigenvalue weighted by Crippen LogP contribution is -2.13. The topological polar surface area (TPSA) is 145 Å². The second kappa shape index (κ2) is 8.09. The van der Waals surface area contributed by atoms with Crippen LogP contribution in [0.2, 0.25) is 0 Å². The normalized spacial score (nSPS) is 11.6. The van der Waals surface area contributed by atoms with Crippen LogP contribution >= 0.6 is 11.3 Å². The minimum atomic E-state index is -3.35. The molecule has 0 spiro atoms. The van der Waals surface area contributed by atoms with Crippen LogP contribution in [0.15, 0.2) is 45.7 Å². The highest BCUT2D eigenvalue weighted by Crippen LogP contribution is 2.25. The van der Waals surface area contributed by atoms with Gasteiger partial charge in [-0.3, -0.25) is 20.2 Å². The van der Waals surface area contributed by atoms with Gasteiger partial charge in [0.1, 0.15) is 0 Å². The van der Waals surface area contributed by atoms with E-state index in [4.69, 9.17) is 4.42 Å². The molecule has 1 amide bonds. The van der Waals surface area contributed by atoms with E-state index in [1.807, 2.05) is 0 Å². The van der Waals surface area contributed by atoms with Gasteiger partial charge in [-0.1, -0.05) is 28.6 Å². The second-order valence-corrected chi connectivity index (χ2v) is 9.83. The van der Waals surface area contributed by atoms with Gasteiger partial charge in [-0.25, -0.2) is 8.42 Å². The molecular weight excluding hydrogens is 420 g/mol. The molecule has 2 heterocycles. The fourth-order valence-electron chi connectivity index (χ4n) is 2.33. The van der Waals surface area contributed by atoms with Gasteiger partial charge in [0.2, 0.25) is 5.89 Å². The minimum Gasteiger partial charge on any atom is -0.407 e. The number of hydrogen-bond donors (Lipinski definition) is 1. The lowest BCUT2D eigenvalue weighted by atomic mass is 10.1. The standard InChI is InChI=1S/C17H16N4O6S2/c1-10(2)29(25,26)12-5-3-11(4-6-12)9-14-19-20-17(27-14)18-16(22)13-7-8-15(28-13)21(23)24/h3-8,10H,9H2,1-2H3,(H,18,20,22). The molecule has 1 N–H and O–H groups in total. The van der Waals surface area contributed by atoms with Crippen molar-refractivity contribution in [3.63, 3.8) is 0 Å². The summed E-state index contributed by atoms with van der Waals surface area (Å²) in [5.41, 5.74) is 0.753. The van der Waals surface area contributed by atoms with Gasteiger partial charge < -0.3 is 4.42 Å². The largest absolute Gasteiger partial charge is 0.407 e. The summed E-state index contributed by atoms with van der Waals surface area (Å²) in [6, 6.07) is 8.79. The highest BCUT2D eigenvalue weighted by atomic mass is 32.2. The monoisotopic (exact) mass is 436 g/mol. The summed E-state index contributed by atoms with van der Waals surface area (Å²) in [6.45, 7) is 3.23. The number of benzene rings is 1. The van der Waals surface area contributed by atoms with Gasteiger partial charge in [0, 0.05) is 6.07 Å². The molecule has 10 nitrogen and oxygen atoms in total. The van der Waals surface area contributed by atoms with E-state index in [0.717, 1.165) is 16.9 Å². The van der Waals surface area contributed by atoms with E-state index in [-0.39, 0.29) is 33.1 Å². The van der Waals surface area contributed by atoms with Crippen molar-refractivity contribution in [2.24, 2.45) is 0 Å². The molecule has 0 aliphatic heterocycles. The zero-order valence-electron chi connectivity index (χ0n) is 15.4. The highest BCUT2D eigenvalue weighted by molar-refractivity contribution is 7.92. The third-order valence-electron chi connectivity index (χ3n) is 3.91. The Labute approximate surface area is 169 Å². The maximum atomic E-state index is 12.1. The Hall–Kier alpha value is -3.12. The number of nitro groups is 1. The van der Waals surface area contributed by atoms with Crippen molar-refractivity contribution in [3.05, 3.63) is 62.8 Å². The summed E-state index contributed by atoms with van der Waals surface area (Å²) in [6.07, 6.45) is 0.245. The number of rotatable bonds is 7.